The van der Waals surface area contributed by atoms with Gasteiger partial charge in [0.15, 0.2) is 5.82 Å². The van der Waals surface area contributed by atoms with Gasteiger partial charge in [0.2, 0.25) is 11.9 Å². The maximum Gasteiger partial charge on any atom is 0.241 e. The predicted molar refractivity (Wildman–Crippen MR) is 153 cm³/mol. The van der Waals surface area contributed by atoms with Gasteiger partial charge in [-0.25, -0.2) is 4.98 Å². The molecular formula is C26H32ClN6O4P. The molecule has 0 aliphatic carbocycles. The lowest BCUT2D eigenvalue weighted by Gasteiger charge is -2.21. The van der Waals surface area contributed by atoms with Gasteiger partial charge in [-0.3, -0.25) is 4.79 Å². The number of anilines is 5. The van der Waals surface area contributed by atoms with Crippen LogP contribution in [0.15, 0.2) is 36.5 Å². The van der Waals surface area contributed by atoms with Gasteiger partial charge in [0.25, 0.3) is 0 Å². The van der Waals surface area contributed by atoms with Gasteiger partial charge in [-0.2, -0.15) is 4.98 Å². The van der Waals surface area contributed by atoms with Crippen molar-refractivity contribution in [1.29, 1.82) is 0 Å². The molecule has 1 aromatic heterocycles. The molecule has 0 saturated heterocycles. The van der Waals surface area contributed by atoms with Crippen molar-refractivity contribution in [3.63, 3.8) is 0 Å². The van der Waals surface area contributed by atoms with Gasteiger partial charge in [-0.05, 0) is 69.7 Å². The highest BCUT2D eigenvalue weighted by Gasteiger charge is 2.27. The molecule has 0 unspecified atom stereocenters. The first-order valence-electron chi connectivity index (χ1n) is 12.0. The normalized spacial score (nSPS) is 12.9. The van der Waals surface area contributed by atoms with E-state index in [0.29, 0.717) is 52.1 Å². The molecule has 2 N–H and O–H groups in total. The van der Waals surface area contributed by atoms with Crippen molar-refractivity contribution in [1.82, 2.24) is 14.9 Å². The summed E-state index contributed by atoms with van der Waals surface area (Å²) in [6.07, 6.45) is 2.23. The first-order valence-corrected chi connectivity index (χ1v) is 14.9. The first-order chi connectivity index (χ1) is 18.0. The average Bonchev–Trinajstić information content (AvgIpc) is 3.27. The van der Waals surface area contributed by atoms with Gasteiger partial charge in [0.1, 0.15) is 23.7 Å². The number of nitrogens with one attached hydrogen (secondary N) is 2. The molecule has 2 heterocycles. The fraction of sp³-hybridized carbons (Fsp3) is 0.346. The number of methoxy groups -OCH3 is 2. The van der Waals surface area contributed by atoms with E-state index in [1.807, 2.05) is 31.1 Å². The van der Waals surface area contributed by atoms with Crippen LogP contribution in [0.5, 0.6) is 11.5 Å². The lowest BCUT2D eigenvalue weighted by molar-refractivity contribution is -0.119. The van der Waals surface area contributed by atoms with Gasteiger partial charge in [0.05, 0.1) is 38.3 Å². The number of carbonyl (C=O) groups excluding carboxylic acids is 1. The van der Waals surface area contributed by atoms with E-state index in [4.69, 9.17) is 21.1 Å². The van der Waals surface area contributed by atoms with E-state index >= 15 is 0 Å². The van der Waals surface area contributed by atoms with E-state index in [1.54, 1.807) is 50.6 Å². The molecule has 3 aromatic rings. The third-order valence-electron chi connectivity index (χ3n) is 6.10. The smallest absolute Gasteiger partial charge is 0.241 e. The lowest BCUT2D eigenvalue weighted by Crippen LogP contribution is -2.36. The summed E-state index contributed by atoms with van der Waals surface area (Å²) in [4.78, 5) is 25.3. The molecule has 10 nitrogen and oxygen atoms in total. The fourth-order valence-corrected chi connectivity index (χ4v) is 5.18. The summed E-state index contributed by atoms with van der Waals surface area (Å²) in [5.41, 5.74) is 3.10. The quantitative estimate of drug-likeness (QED) is 0.371. The topological polar surface area (TPSA) is 109 Å². The molecule has 1 aliphatic rings. The number of hydrogen-bond donors (Lipinski definition) is 2. The molecule has 1 aliphatic heterocycles. The molecule has 4 rings (SSSR count). The highest BCUT2D eigenvalue weighted by atomic mass is 35.5. The maximum absolute atomic E-state index is 12.8. The summed E-state index contributed by atoms with van der Waals surface area (Å²) in [6.45, 7) is 4.35. The van der Waals surface area contributed by atoms with E-state index in [0.717, 1.165) is 17.7 Å². The number of nitrogens with zero attached hydrogens (tertiary/aromatic N) is 4. The third kappa shape index (κ3) is 6.04. The highest BCUT2D eigenvalue weighted by molar-refractivity contribution is 7.70. The van der Waals surface area contributed by atoms with Crippen LogP contribution in [-0.2, 0) is 15.8 Å². The summed E-state index contributed by atoms with van der Waals surface area (Å²) in [7, 11) is 4.42. The molecule has 0 saturated carbocycles. The summed E-state index contributed by atoms with van der Waals surface area (Å²) in [5.74, 6) is 1.78. The zero-order valence-corrected chi connectivity index (χ0v) is 24.0. The van der Waals surface area contributed by atoms with E-state index in [2.05, 4.69) is 20.6 Å². The monoisotopic (exact) mass is 558 g/mol. The SMILES string of the molecule is COc1cc(P(C)(C)=O)ccc1Nc1ncc(Cl)c(Nc2cc3c(cc2OC)CCN3C(=O)CN(C)C)n1. The number of carbonyl (C=O) groups is 1. The van der Waals surface area contributed by atoms with E-state index in [9.17, 15) is 9.36 Å². The predicted octanol–water partition coefficient (Wildman–Crippen LogP) is 4.33. The summed E-state index contributed by atoms with van der Waals surface area (Å²) >= 11 is 6.45. The van der Waals surface area contributed by atoms with Crippen LogP contribution in [-0.4, -0.2) is 75.5 Å². The van der Waals surface area contributed by atoms with E-state index in [-0.39, 0.29) is 11.9 Å². The second-order valence-corrected chi connectivity index (χ2v) is 13.2. The van der Waals surface area contributed by atoms with Crippen molar-refractivity contribution < 1.29 is 18.8 Å². The molecule has 38 heavy (non-hydrogen) atoms. The van der Waals surface area contributed by atoms with Gasteiger partial charge >= 0.3 is 0 Å². The second-order valence-electron chi connectivity index (χ2n) is 9.59. The van der Waals surface area contributed by atoms with Crippen LogP contribution in [0.3, 0.4) is 0 Å². The summed E-state index contributed by atoms with van der Waals surface area (Å²) in [5, 5.41) is 7.40. The van der Waals surface area contributed by atoms with Gasteiger partial charge in [0, 0.05) is 17.5 Å². The van der Waals surface area contributed by atoms with Crippen molar-refractivity contribution in [3.05, 3.63) is 47.1 Å². The van der Waals surface area contributed by atoms with Crippen molar-refractivity contribution in [2.45, 2.75) is 6.42 Å². The molecule has 0 fully saturated rings. The van der Waals surface area contributed by atoms with Crippen LogP contribution in [0.25, 0.3) is 0 Å². The molecule has 0 bridgehead atoms. The molecule has 1 amide bonds. The Morgan fingerprint density at radius 3 is 2.47 bits per heavy atom. The number of ether oxygens (including phenoxy) is 2. The first kappa shape index (κ1) is 27.7. The Labute approximate surface area is 227 Å². The van der Waals surface area contributed by atoms with Gasteiger partial charge < -0.3 is 34.5 Å². The summed E-state index contributed by atoms with van der Waals surface area (Å²) < 4.78 is 23.6. The zero-order valence-electron chi connectivity index (χ0n) is 22.3. The van der Waals surface area contributed by atoms with Crippen molar-refractivity contribution >= 4 is 58.8 Å². The molecular weight excluding hydrogens is 527 g/mol. The minimum atomic E-state index is -2.45. The number of amides is 1. The van der Waals surface area contributed by atoms with Gasteiger partial charge in [-0.15, -0.1) is 0 Å². The van der Waals surface area contributed by atoms with Crippen molar-refractivity contribution in [2.24, 2.45) is 0 Å². The molecule has 0 spiro atoms. The van der Waals surface area contributed by atoms with Crippen LogP contribution in [0, 0.1) is 0 Å². The fourth-order valence-electron chi connectivity index (χ4n) is 4.18. The molecule has 0 atom stereocenters. The maximum atomic E-state index is 12.8. The Kier molecular flexibility index (Phi) is 8.16. The number of fused-ring (bicyclic) bond motifs is 1. The Hall–Kier alpha value is -3.33. The number of halogens is 1. The standard InChI is InChI=1S/C26H32ClN6O4P/c1-32(2)15-24(34)33-10-9-16-11-22(36-3)20(13-21(16)33)29-25-18(27)14-28-26(31-25)30-19-8-7-17(38(5,6)35)12-23(19)37-4/h7-8,11-14H,9-10,15H2,1-6H3,(H2,28,29,30,31). The number of benzene rings is 2. The van der Waals surface area contributed by atoms with Crippen LogP contribution in [0.4, 0.5) is 28.8 Å². The summed E-state index contributed by atoms with van der Waals surface area (Å²) in [6, 6.07) is 9.13. The highest BCUT2D eigenvalue weighted by Crippen LogP contribution is 2.40. The van der Waals surface area contributed by atoms with Crippen LogP contribution in [0.1, 0.15) is 5.56 Å². The molecule has 2 aromatic carbocycles. The van der Waals surface area contributed by atoms with Crippen molar-refractivity contribution in [3.8, 4) is 11.5 Å². The van der Waals surface area contributed by atoms with Crippen LogP contribution >= 0.6 is 18.7 Å². The third-order valence-corrected chi connectivity index (χ3v) is 7.90. The molecule has 202 valence electrons. The van der Waals surface area contributed by atoms with Crippen LogP contribution < -0.4 is 30.3 Å². The zero-order chi connectivity index (χ0) is 27.6. The Bertz CT molecular complexity index is 1410. The number of rotatable bonds is 9. The minimum Gasteiger partial charge on any atom is -0.495 e. The van der Waals surface area contributed by atoms with Crippen molar-refractivity contribution in [2.75, 3.05) is 70.3 Å². The largest absolute Gasteiger partial charge is 0.495 e. The Morgan fingerprint density at radius 1 is 1.11 bits per heavy atom. The van der Waals surface area contributed by atoms with E-state index in [1.165, 1.54) is 6.20 Å². The van der Waals surface area contributed by atoms with Crippen LogP contribution in [0.2, 0.25) is 5.02 Å². The second kappa shape index (κ2) is 11.2. The van der Waals surface area contributed by atoms with Gasteiger partial charge in [-0.1, -0.05) is 11.6 Å². The molecule has 0 radical (unpaired) electrons. The Balaban J connectivity index is 1.63. The number of aromatic nitrogens is 2. The minimum absolute atomic E-state index is 0.0267. The number of hydrogen-bond acceptors (Lipinski definition) is 9. The average molecular weight is 559 g/mol. The van der Waals surface area contributed by atoms with E-state index < -0.39 is 7.14 Å². The number of likely N-dealkylation sites (N-methyl/N-ethyl adjacent to an activating group) is 1. The Morgan fingerprint density at radius 2 is 1.82 bits per heavy atom. The molecule has 12 heteroatoms. The lowest BCUT2D eigenvalue weighted by atomic mass is 10.1.